The van der Waals surface area contributed by atoms with E-state index in [-0.39, 0.29) is 15.8 Å². The second-order valence-corrected chi connectivity index (χ2v) is 7.42. The highest BCUT2D eigenvalue weighted by Gasteiger charge is 2.44. The Morgan fingerprint density at radius 1 is 1.15 bits per heavy atom. The van der Waals surface area contributed by atoms with Gasteiger partial charge in [0.15, 0.2) is 5.82 Å². The first kappa shape index (κ1) is 24.4. The van der Waals surface area contributed by atoms with E-state index >= 15 is 0 Å². The first-order valence-electron chi connectivity index (χ1n) is 9.63. The van der Waals surface area contributed by atoms with E-state index < -0.39 is 47.1 Å². The number of carbonyl (C=O) groups is 3. The number of piperidine rings is 1. The van der Waals surface area contributed by atoms with Crippen LogP contribution >= 0.6 is 11.6 Å². The molecule has 8 nitrogen and oxygen atoms in total. The monoisotopic (exact) mass is 488 g/mol. The van der Waals surface area contributed by atoms with E-state index in [9.17, 15) is 31.9 Å². The van der Waals surface area contributed by atoms with Gasteiger partial charge in [-0.25, -0.2) is 14.2 Å². The second kappa shape index (κ2) is 10.1. The third-order valence-corrected chi connectivity index (χ3v) is 4.93. The lowest BCUT2D eigenvalue weighted by atomic mass is 9.97. The van der Waals surface area contributed by atoms with Crippen LogP contribution in [0.1, 0.15) is 23.2 Å². The molecule has 0 atom stereocenters. The normalized spacial score (nSPS) is 14.5. The fourth-order valence-corrected chi connectivity index (χ4v) is 3.19. The summed E-state index contributed by atoms with van der Waals surface area (Å²) in [5.41, 5.74) is -1.11. The largest absolute Gasteiger partial charge is 0.493 e. The van der Waals surface area contributed by atoms with Crippen molar-refractivity contribution in [2.75, 3.05) is 23.5 Å². The highest BCUT2D eigenvalue weighted by Crippen LogP contribution is 2.27. The van der Waals surface area contributed by atoms with Crippen LogP contribution in [0.25, 0.3) is 0 Å². The van der Waals surface area contributed by atoms with Crippen molar-refractivity contribution in [2.24, 2.45) is 5.92 Å². The summed E-state index contributed by atoms with van der Waals surface area (Å²) in [6.07, 6.45) is -3.45. The Morgan fingerprint density at radius 3 is 2.45 bits per heavy atom. The van der Waals surface area contributed by atoms with Gasteiger partial charge in [0.2, 0.25) is 5.91 Å². The fourth-order valence-electron chi connectivity index (χ4n) is 3.08. The van der Waals surface area contributed by atoms with Crippen molar-refractivity contribution in [3.05, 3.63) is 52.9 Å². The van der Waals surface area contributed by atoms with Gasteiger partial charge in [0.25, 0.3) is 5.91 Å². The molecule has 0 spiro atoms. The molecule has 1 fully saturated rings. The maximum atomic E-state index is 14.7. The summed E-state index contributed by atoms with van der Waals surface area (Å²) in [7, 11) is 0. The van der Waals surface area contributed by atoms with Gasteiger partial charge in [0, 0.05) is 12.1 Å². The van der Waals surface area contributed by atoms with Gasteiger partial charge in [-0.2, -0.15) is 13.2 Å². The minimum atomic E-state index is -5.45. The van der Waals surface area contributed by atoms with Crippen LogP contribution in [0.15, 0.2) is 36.5 Å². The van der Waals surface area contributed by atoms with E-state index in [4.69, 9.17) is 11.6 Å². The van der Waals surface area contributed by atoms with Crippen molar-refractivity contribution in [1.29, 1.82) is 0 Å². The SMILES string of the molecule is O=C(Nc1cccc(F)c1C(=O)N(OC(=O)C(F)(F)F)c1ccc(Cl)cn1)C1CCNCC1. The molecule has 1 aliphatic heterocycles. The molecule has 2 heterocycles. The summed E-state index contributed by atoms with van der Waals surface area (Å²) in [4.78, 5) is 45.0. The molecule has 1 aromatic heterocycles. The molecule has 1 aromatic carbocycles. The summed E-state index contributed by atoms with van der Waals surface area (Å²) in [5.74, 6) is -6.86. The van der Waals surface area contributed by atoms with E-state index in [2.05, 4.69) is 20.5 Å². The van der Waals surface area contributed by atoms with E-state index in [0.29, 0.717) is 25.9 Å². The molecule has 0 unspecified atom stereocenters. The van der Waals surface area contributed by atoms with Crippen molar-refractivity contribution in [3.63, 3.8) is 0 Å². The number of anilines is 2. The molecule has 176 valence electrons. The van der Waals surface area contributed by atoms with Crippen molar-refractivity contribution in [3.8, 4) is 0 Å². The van der Waals surface area contributed by atoms with Crippen LogP contribution in [0.2, 0.25) is 5.02 Å². The zero-order chi connectivity index (χ0) is 24.2. The number of carbonyl (C=O) groups excluding carboxylic acids is 3. The fraction of sp³-hybridized carbons (Fsp3) is 0.300. The van der Waals surface area contributed by atoms with Crippen molar-refractivity contribution >= 4 is 40.9 Å². The maximum Gasteiger partial charge on any atom is 0.493 e. The van der Waals surface area contributed by atoms with Crippen LogP contribution in [-0.2, 0) is 14.4 Å². The Balaban J connectivity index is 1.97. The molecular weight excluding hydrogens is 472 g/mol. The van der Waals surface area contributed by atoms with E-state index in [0.717, 1.165) is 18.3 Å². The molecule has 2 amide bonds. The lowest BCUT2D eigenvalue weighted by Gasteiger charge is -2.24. The van der Waals surface area contributed by atoms with Crippen molar-refractivity contribution < 1.29 is 36.8 Å². The summed E-state index contributed by atoms with van der Waals surface area (Å²) in [5, 5.41) is 5.50. The predicted molar refractivity (Wildman–Crippen MR) is 109 cm³/mol. The molecule has 13 heteroatoms. The molecule has 2 N–H and O–H groups in total. The number of pyridine rings is 1. The van der Waals surface area contributed by atoms with Crippen LogP contribution in [0.4, 0.5) is 29.1 Å². The Labute approximate surface area is 189 Å². The quantitative estimate of drug-likeness (QED) is 0.505. The third kappa shape index (κ3) is 5.96. The minimum absolute atomic E-state index is 0.0779. The van der Waals surface area contributed by atoms with E-state index in [1.165, 1.54) is 18.2 Å². The zero-order valence-electron chi connectivity index (χ0n) is 16.8. The number of nitrogens with one attached hydrogen (secondary N) is 2. The Hall–Kier alpha value is -3.25. The van der Waals surface area contributed by atoms with Gasteiger partial charge in [-0.3, -0.25) is 9.59 Å². The number of amides is 2. The number of hydrogen-bond donors (Lipinski definition) is 2. The van der Waals surface area contributed by atoms with Crippen molar-refractivity contribution in [1.82, 2.24) is 10.3 Å². The Bertz CT molecular complexity index is 1040. The lowest BCUT2D eigenvalue weighted by Crippen LogP contribution is -2.40. The van der Waals surface area contributed by atoms with E-state index in [1.54, 1.807) is 0 Å². The number of halogens is 5. The molecule has 2 aromatic rings. The van der Waals surface area contributed by atoms with Gasteiger partial charge >= 0.3 is 12.1 Å². The molecule has 3 rings (SSSR count). The number of nitrogens with zero attached hydrogens (tertiary/aromatic N) is 2. The Kier molecular flexibility index (Phi) is 7.49. The van der Waals surface area contributed by atoms with Gasteiger partial charge in [-0.1, -0.05) is 17.7 Å². The van der Waals surface area contributed by atoms with Crippen LogP contribution < -0.4 is 15.7 Å². The Morgan fingerprint density at radius 2 is 1.85 bits per heavy atom. The molecule has 0 bridgehead atoms. The van der Waals surface area contributed by atoms with Crippen molar-refractivity contribution in [2.45, 2.75) is 19.0 Å². The topological polar surface area (TPSA) is 101 Å². The summed E-state index contributed by atoms with van der Waals surface area (Å²) >= 11 is 5.71. The molecule has 1 aliphatic rings. The molecular formula is C20H17ClF4N4O4. The smallest absolute Gasteiger partial charge is 0.325 e. The minimum Gasteiger partial charge on any atom is -0.325 e. The van der Waals surface area contributed by atoms with Crippen LogP contribution in [-0.4, -0.2) is 42.0 Å². The zero-order valence-corrected chi connectivity index (χ0v) is 17.5. The van der Waals surface area contributed by atoms with Crippen LogP contribution in [0.3, 0.4) is 0 Å². The average molecular weight is 489 g/mol. The first-order valence-corrected chi connectivity index (χ1v) is 10.0. The van der Waals surface area contributed by atoms with Crippen LogP contribution in [0.5, 0.6) is 0 Å². The molecule has 1 saturated heterocycles. The number of benzene rings is 1. The molecule has 0 radical (unpaired) electrons. The lowest BCUT2D eigenvalue weighted by molar-refractivity contribution is -0.200. The summed E-state index contributed by atoms with van der Waals surface area (Å²) in [6, 6.07) is 5.45. The maximum absolute atomic E-state index is 14.7. The highest BCUT2D eigenvalue weighted by atomic mass is 35.5. The molecule has 0 saturated carbocycles. The number of alkyl halides is 3. The van der Waals surface area contributed by atoms with Gasteiger partial charge in [0.05, 0.1) is 10.7 Å². The average Bonchev–Trinajstić information content (AvgIpc) is 2.77. The van der Waals surface area contributed by atoms with Gasteiger partial charge in [0.1, 0.15) is 11.4 Å². The first-order chi connectivity index (χ1) is 15.6. The standard InChI is InChI=1S/C20H17ClF4N4O4/c21-12-4-5-15(27-10-12)29(33-19(32)20(23,24)25)18(31)16-13(22)2-1-3-14(16)28-17(30)11-6-8-26-9-7-11/h1-5,10-11,26H,6-9H2,(H,28,30). The highest BCUT2D eigenvalue weighted by molar-refractivity contribution is 6.30. The van der Waals surface area contributed by atoms with E-state index in [1.807, 2.05) is 0 Å². The number of hydrogen-bond acceptors (Lipinski definition) is 6. The molecule has 0 aliphatic carbocycles. The summed E-state index contributed by atoms with van der Waals surface area (Å²) < 4.78 is 53.1. The second-order valence-electron chi connectivity index (χ2n) is 6.99. The number of hydroxylamine groups is 1. The van der Waals surface area contributed by atoms with Gasteiger partial charge in [-0.05, 0) is 50.2 Å². The van der Waals surface area contributed by atoms with Crippen LogP contribution in [0, 0.1) is 11.7 Å². The number of rotatable bonds is 4. The number of aromatic nitrogens is 1. The predicted octanol–water partition coefficient (Wildman–Crippen LogP) is 3.48. The van der Waals surface area contributed by atoms with Gasteiger partial charge < -0.3 is 15.5 Å². The third-order valence-electron chi connectivity index (χ3n) is 4.71. The van der Waals surface area contributed by atoms with Gasteiger partial charge in [-0.15, -0.1) is 5.06 Å². The summed E-state index contributed by atoms with van der Waals surface area (Å²) in [6.45, 7) is 1.19. The molecule has 33 heavy (non-hydrogen) atoms.